The molecular weight excluding hydrogens is 344 g/mol. The lowest BCUT2D eigenvalue weighted by molar-refractivity contribution is -0.113. The third kappa shape index (κ3) is 5.21. The highest BCUT2D eigenvalue weighted by molar-refractivity contribution is 7.99. The van der Waals surface area contributed by atoms with Gasteiger partial charge < -0.3 is 10.2 Å². The molecule has 0 spiro atoms. The monoisotopic (exact) mass is 370 g/mol. The van der Waals surface area contributed by atoms with E-state index >= 15 is 0 Å². The molecule has 2 aromatic rings. The van der Waals surface area contributed by atoms with E-state index in [2.05, 4.69) is 34.0 Å². The van der Waals surface area contributed by atoms with Crippen molar-refractivity contribution in [1.82, 2.24) is 9.97 Å². The maximum absolute atomic E-state index is 12.2. The topological polar surface area (TPSA) is 58.1 Å². The molecule has 1 aromatic heterocycles. The molecule has 0 saturated carbocycles. The fraction of sp³-hybridized carbons (Fsp3) is 0.450. The van der Waals surface area contributed by atoms with Crippen molar-refractivity contribution in [2.45, 2.75) is 32.2 Å². The molecule has 6 heteroatoms. The maximum Gasteiger partial charge on any atom is 0.234 e. The van der Waals surface area contributed by atoms with Gasteiger partial charge in [-0.2, -0.15) is 0 Å². The van der Waals surface area contributed by atoms with Gasteiger partial charge in [0.15, 0.2) is 0 Å². The summed E-state index contributed by atoms with van der Waals surface area (Å²) < 4.78 is 0. The average Bonchev–Trinajstić information content (AvgIpc) is 2.61. The minimum Gasteiger partial charge on any atom is -0.356 e. The van der Waals surface area contributed by atoms with Crippen molar-refractivity contribution in [1.29, 1.82) is 0 Å². The summed E-state index contributed by atoms with van der Waals surface area (Å²) in [4.78, 5) is 23.2. The molecule has 1 saturated heterocycles. The van der Waals surface area contributed by atoms with E-state index in [0.717, 1.165) is 29.6 Å². The molecule has 0 aliphatic carbocycles. The maximum atomic E-state index is 12.2. The number of carbonyl (C=O) groups excluding carboxylic acids is 1. The minimum atomic E-state index is -0.0285. The SMILES string of the molecule is Cc1ccc(NC(=O)CSc2cc(N3C[C@H](C)C[C@H](C)C3)ncn2)cc1. The largest absolute Gasteiger partial charge is 0.356 e. The van der Waals surface area contributed by atoms with Gasteiger partial charge in [-0.25, -0.2) is 9.97 Å². The van der Waals surface area contributed by atoms with Crippen molar-refractivity contribution in [2.24, 2.45) is 11.8 Å². The zero-order chi connectivity index (χ0) is 18.5. The van der Waals surface area contributed by atoms with E-state index in [4.69, 9.17) is 0 Å². The van der Waals surface area contributed by atoms with Crippen LogP contribution in [-0.4, -0.2) is 34.7 Å². The second-order valence-corrected chi connectivity index (χ2v) is 8.26. The summed E-state index contributed by atoms with van der Waals surface area (Å²) in [5, 5.41) is 3.75. The number of rotatable bonds is 5. The highest BCUT2D eigenvalue weighted by atomic mass is 32.2. The normalized spacial score (nSPS) is 20.0. The quantitative estimate of drug-likeness (QED) is 0.637. The summed E-state index contributed by atoms with van der Waals surface area (Å²) in [5.41, 5.74) is 1.99. The number of aromatic nitrogens is 2. The fourth-order valence-electron chi connectivity index (χ4n) is 3.41. The van der Waals surface area contributed by atoms with Crippen LogP contribution < -0.4 is 10.2 Å². The first kappa shape index (κ1) is 18.7. The first-order valence-corrected chi connectivity index (χ1v) is 10.0. The first-order valence-electron chi connectivity index (χ1n) is 9.06. The van der Waals surface area contributed by atoms with Gasteiger partial charge in [0.1, 0.15) is 17.2 Å². The summed E-state index contributed by atoms with van der Waals surface area (Å²) in [6.45, 7) is 8.65. The highest BCUT2D eigenvalue weighted by Crippen LogP contribution is 2.27. The van der Waals surface area contributed by atoms with Crippen LogP contribution in [0.25, 0.3) is 0 Å². The van der Waals surface area contributed by atoms with Crippen LogP contribution in [0.5, 0.6) is 0 Å². The molecule has 138 valence electrons. The van der Waals surface area contributed by atoms with Crippen LogP contribution in [0.15, 0.2) is 41.7 Å². The van der Waals surface area contributed by atoms with Crippen molar-refractivity contribution < 1.29 is 4.79 Å². The van der Waals surface area contributed by atoms with Crippen LogP contribution in [0.2, 0.25) is 0 Å². The van der Waals surface area contributed by atoms with Gasteiger partial charge in [-0.15, -0.1) is 0 Å². The van der Waals surface area contributed by atoms with Crippen LogP contribution in [-0.2, 0) is 4.79 Å². The molecule has 1 aromatic carbocycles. The number of nitrogens with one attached hydrogen (secondary N) is 1. The molecule has 26 heavy (non-hydrogen) atoms. The van der Waals surface area contributed by atoms with Gasteiger partial charge in [0.2, 0.25) is 5.91 Å². The lowest BCUT2D eigenvalue weighted by atomic mass is 9.92. The molecule has 1 aliphatic rings. The van der Waals surface area contributed by atoms with Gasteiger partial charge in [0, 0.05) is 24.8 Å². The molecular formula is C20H26N4OS. The molecule has 1 N–H and O–H groups in total. The zero-order valence-corrected chi connectivity index (χ0v) is 16.4. The number of thioether (sulfide) groups is 1. The summed E-state index contributed by atoms with van der Waals surface area (Å²) in [7, 11) is 0. The van der Waals surface area contributed by atoms with E-state index in [1.54, 1.807) is 6.33 Å². The molecule has 1 aliphatic heterocycles. The number of carbonyl (C=O) groups is 1. The van der Waals surface area contributed by atoms with Crippen molar-refractivity contribution in [3.63, 3.8) is 0 Å². The molecule has 5 nitrogen and oxygen atoms in total. The first-order chi connectivity index (χ1) is 12.5. The van der Waals surface area contributed by atoms with Gasteiger partial charge in [0.25, 0.3) is 0 Å². The molecule has 0 unspecified atom stereocenters. The van der Waals surface area contributed by atoms with Crippen molar-refractivity contribution in [3.8, 4) is 0 Å². The number of amides is 1. The Morgan fingerprint density at radius 1 is 1.19 bits per heavy atom. The Labute approximate surface area is 159 Å². The Morgan fingerprint density at radius 2 is 1.88 bits per heavy atom. The second-order valence-electron chi connectivity index (χ2n) is 7.27. The van der Waals surface area contributed by atoms with Crippen LogP contribution >= 0.6 is 11.8 Å². The van der Waals surface area contributed by atoms with E-state index in [0.29, 0.717) is 17.6 Å². The van der Waals surface area contributed by atoms with Crippen LogP contribution in [0.1, 0.15) is 25.8 Å². The van der Waals surface area contributed by atoms with Gasteiger partial charge in [-0.05, 0) is 37.3 Å². The Hall–Kier alpha value is -2.08. The summed E-state index contributed by atoms with van der Waals surface area (Å²) in [6.07, 6.45) is 2.86. The number of aryl methyl sites for hydroxylation is 1. The fourth-order valence-corrected chi connectivity index (χ4v) is 4.07. The lowest BCUT2D eigenvalue weighted by Crippen LogP contribution is -2.39. The van der Waals surface area contributed by atoms with E-state index in [9.17, 15) is 4.79 Å². The van der Waals surface area contributed by atoms with Gasteiger partial charge in [0.05, 0.1) is 5.75 Å². The third-order valence-electron chi connectivity index (χ3n) is 4.51. The minimum absolute atomic E-state index is 0.0285. The van der Waals surface area contributed by atoms with E-state index < -0.39 is 0 Å². The van der Waals surface area contributed by atoms with Crippen LogP contribution in [0.4, 0.5) is 11.5 Å². The zero-order valence-electron chi connectivity index (χ0n) is 15.6. The van der Waals surface area contributed by atoms with Gasteiger partial charge in [-0.3, -0.25) is 4.79 Å². The number of anilines is 2. The number of hydrogen-bond donors (Lipinski definition) is 1. The Morgan fingerprint density at radius 3 is 2.58 bits per heavy atom. The number of nitrogens with zero attached hydrogens (tertiary/aromatic N) is 3. The van der Waals surface area contributed by atoms with Gasteiger partial charge >= 0.3 is 0 Å². The van der Waals surface area contributed by atoms with E-state index in [1.165, 1.54) is 23.7 Å². The van der Waals surface area contributed by atoms with Crippen LogP contribution in [0, 0.1) is 18.8 Å². The summed E-state index contributed by atoms with van der Waals surface area (Å²) in [5.74, 6) is 2.60. The average molecular weight is 371 g/mol. The lowest BCUT2D eigenvalue weighted by Gasteiger charge is -2.35. The smallest absolute Gasteiger partial charge is 0.234 e. The van der Waals surface area contributed by atoms with Gasteiger partial charge in [-0.1, -0.05) is 43.3 Å². The van der Waals surface area contributed by atoms with E-state index in [1.807, 2.05) is 37.3 Å². The molecule has 1 amide bonds. The molecule has 2 heterocycles. The standard InChI is InChI=1S/C20H26N4OS/c1-14-4-6-17(7-5-14)23-19(25)12-26-20-9-18(21-13-22-20)24-10-15(2)8-16(3)11-24/h4-7,9,13,15-16H,8,10-12H2,1-3H3,(H,23,25)/t15-,16+. The van der Waals surface area contributed by atoms with Crippen LogP contribution in [0.3, 0.4) is 0 Å². The Balaban J connectivity index is 1.56. The molecule has 1 fully saturated rings. The highest BCUT2D eigenvalue weighted by Gasteiger charge is 2.23. The molecule has 0 radical (unpaired) electrons. The molecule has 0 bridgehead atoms. The van der Waals surface area contributed by atoms with E-state index in [-0.39, 0.29) is 5.91 Å². The second kappa shape index (κ2) is 8.54. The third-order valence-corrected chi connectivity index (χ3v) is 5.43. The predicted molar refractivity (Wildman–Crippen MR) is 108 cm³/mol. The summed E-state index contributed by atoms with van der Waals surface area (Å²) in [6, 6.07) is 9.80. The Bertz CT molecular complexity index is 740. The molecule has 2 atom stereocenters. The number of piperidine rings is 1. The predicted octanol–water partition coefficient (Wildman–Crippen LogP) is 4.00. The Kier molecular flexibility index (Phi) is 6.14. The summed E-state index contributed by atoms with van der Waals surface area (Å²) >= 11 is 1.44. The van der Waals surface area contributed by atoms with Crippen molar-refractivity contribution >= 4 is 29.2 Å². The molecule has 3 rings (SSSR count). The number of hydrogen-bond acceptors (Lipinski definition) is 5. The van der Waals surface area contributed by atoms with Crippen molar-refractivity contribution in [3.05, 3.63) is 42.2 Å². The number of benzene rings is 1. The van der Waals surface area contributed by atoms with Crippen molar-refractivity contribution in [2.75, 3.05) is 29.1 Å².